The van der Waals surface area contributed by atoms with Crippen LogP contribution in [0, 0.1) is 0 Å². The first-order valence-electron chi connectivity index (χ1n) is 5.16. The molecule has 0 atom stereocenters. The molecule has 1 aromatic carbocycles. The smallest absolute Gasteiger partial charge is 0.127 e. The van der Waals surface area contributed by atoms with Gasteiger partial charge in [-0.15, -0.1) is 0 Å². The molecule has 0 spiro atoms. The number of pyridine rings is 1. The second-order valence-corrected chi connectivity index (χ2v) is 4.45. The van der Waals surface area contributed by atoms with E-state index in [-0.39, 0.29) is 6.42 Å². The zero-order valence-corrected chi connectivity index (χ0v) is 10.6. The first-order chi connectivity index (χ1) is 8.22. The molecule has 0 radical (unpaired) electrons. The highest BCUT2D eigenvalue weighted by molar-refractivity contribution is 9.10. The molecule has 1 heterocycles. The summed E-state index contributed by atoms with van der Waals surface area (Å²) in [6.07, 6.45) is 1.11. The van der Waals surface area contributed by atoms with Gasteiger partial charge in [-0.05, 0) is 22.0 Å². The van der Waals surface area contributed by atoms with E-state index in [2.05, 4.69) is 20.9 Å². The minimum atomic E-state index is 0.284. The van der Waals surface area contributed by atoms with Crippen molar-refractivity contribution in [1.82, 2.24) is 4.98 Å². The molecule has 0 aliphatic heterocycles. The molecule has 1 aromatic heterocycles. The molecule has 0 fully saturated rings. The third-order valence-electron chi connectivity index (χ3n) is 2.44. The highest BCUT2D eigenvalue weighted by atomic mass is 79.9. The highest BCUT2D eigenvalue weighted by Crippen LogP contribution is 2.29. The van der Waals surface area contributed by atoms with Crippen LogP contribution in [0.1, 0.15) is 5.56 Å². The number of aldehydes is 1. The molecular formula is C13H11BrN2O. The third kappa shape index (κ3) is 2.53. The molecule has 0 saturated heterocycles. The largest absolute Gasteiger partial charge is 0.383 e. The summed E-state index contributed by atoms with van der Waals surface area (Å²) in [5.74, 6) is 0.402. The van der Waals surface area contributed by atoms with Gasteiger partial charge in [-0.25, -0.2) is 4.98 Å². The van der Waals surface area contributed by atoms with Crippen molar-refractivity contribution in [2.24, 2.45) is 0 Å². The van der Waals surface area contributed by atoms with Gasteiger partial charge in [-0.1, -0.05) is 30.3 Å². The molecule has 17 heavy (non-hydrogen) atoms. The van der Waals surface area contributed by atoms with E-state index in [0.717, 1.165) is 27.6 Å². The number of aromatic nitrogens is 1. The number of halogens is 1. The lowest BCUT2D eigenvalue weighted by atomic mass is 10.1. The summed E-state index contributed by atoms with van der Waals surface area (Å²) in [6.45, 7) is 0. The van der Waals surface area contributed by atoms with Crippen LogP contribution >= 0.6 is 15.9 Å². The number of anilines is 1. The number of nitrogens with two attached hydrogens (primary N) is 1. The fraction of sp³-hybridized carbons (Fsp3) is 0.0769. The average Bonchev–Trinajstić information content (AvgIpc) is 2.35. The van der Waals surface area contributed by atoms with Crippen molar-refractivity contribution >= 4 is 28.0 Å². The fourth-order valence-corrected chi connectivity index (χ4v) is 2.19. The predicted octanol–water partition coefficient (Wildman–Crippen LogP) is 2.83. The standard InChI is InChI=1S/C13H11BrN2O/c14-11-8-10(6-7-17)13(15)16-12(11)9-4-2-1-3-5-9/h1-5,7-8H,6H2,(H2,15,16). The molecule has 0 bridgehead atoms. The maximum atomic E-state index is 10.5. The van der Waals surface area contributed by atoms with Gasteiger partial charge < -0.3 is 10.5 Å². The van der Waals surface area contributed by atoms with Gasteiger partial charge in [-0.3, -0.25) is 0 Å². The number of hydrogen-bond donors (Lipinski definition) is 1. The summed E-state index contributed by atoms with van der Waals surface area (Å²) in [5, 5.41) is 0. The highest BCUT2D eigenvalue weighted by Gasteiger charge is 2.09. The molecular weight excluding hydrogens is 280 g/mol. The SMILES string of the molecule is Nc1nc(-c2ccccc2)c(Br)cc1CC=O. The van der Waals surface area contributed by atoms with E-state index in [1.165, 1.54) is 0 Å². The van der Waals surface area contributed by atoms with Crippen molar-refractivity contribution < 1.29 is 4.79 Å². The van der Waals surface area contributed by atoms with Gasteiger partial charge in [0.2, 0.25) is 0 Å². The second-order valence-electron chi connectivity index (χ2n) is 3.60. The Morgan fingerprint density at radius 2 is 2.00 bits per heavy atom. The van der Waals surface area contributed by atoms with Crippen LogP contribution in [0.3, 0.4) is 0 Å². The van der Waals surface area contributed by atoms with E-state index in [1.807, 2.05) is 36.4 Å². The summed E-state index contributed by atoms with van der Waals surface area (Å²) in [5.41, 5.74) is 8.34. The van der Waals surface area contributed by atoms with Crippen molar-refractivity contribution in [2.45, 2.75) is 6.42 Å². The Hall–Kier alpha value is -1.68. The Labute approximate surface area is 108 Å². The molecule has 3 nitrogen and oxygen atoms in total. The quantitative estimate of drug-likeness (QED) is 0.885. The Kier molecular flexibility index (Phi) is 3.54. The molecule has 2 rings (SSSR count). The third-order valence-corrected chi connectivity index (χ3v) is 3.04. The van der Waals surface area contributed by atoms with E-state index in [4.69, 9.17) is 5.73 Å². The lowest BCUT2D eigenvalue weighted by Gasteiger charge is -2.08. The Morgan fingerprint density at radius 3 is 2.65 bits per heavy atom. The van der Waals surface area contributed by atoms with Crippen LogP contribution in [-0.4, -0.2) is 11.3 Å². The van der Waals surface area contributed by atoms with Crippen LogP contribution in [-0.2, 0) is 11.2 Å². The van der Waals surface area contributed by atoms with Crippen LogP contribution in [0.2, 0.25) is 0 Å². The first kappa shape index (κ1) is 11.8. The number of hydrogen-bond acceptors (Lipinski definition) is 3. The molecule has 4 heteroatoms. The Balaban J connectivity index is 2.50. The molecule has 0 amide bonds. The molecule has 0 aliphatic carbocycles. The lowest BCUT2D eigenvalue weighted by Crippen LogP contribution is -2.00. The second kappa shape index (κ2) is 5.10. The maximum absolute atomic E-state index is 10.5. The molecule has 86 valence electrons. The fourth-order valence-electron chi connectivity index (χ4n) is 1.59. The Bertz CT molecular complexity index is 541. The van der Waals surface area contributed by atoms with Crippen LogP contribution < -0.4 is 5.73 Å². The predicted molar refractivity (Wildman–Crippen MR) is 71.6 cm³/mol. The minimum Gasteiger partial charge on any atom is -0.383 e. The zero-order chi connectivity index (χ0) is 12.3. The van der Waals surface area contributed by atoms with Gasteiger partial charge in [0, 0.05) is 22.0 Å². The van der Waals surface area contributed by atoms with E-state index < -0.39 is 0 Å². The maximum Gasteiger partial charge on any atom is 0.127 e. The molecule has 0 saturated carbocycles. The van der Waals surface area contributed by atoms with Crippen molar-refractivity contribution in [1.29, 1.82) is 0 Å². The van der Waals surface area contributed by atoms with Gasteiger partial charge in [0.05, 0.1) is 5.69 Å². The summed E-state index contributed by atoms with van der Waals surface area (Å²) < 4.78 is 0.842. The van der Waals surface area contributed by atoms with Gasteiger partial charge in [0.15, 0.2) is 0 Å². The van der Waals surface area contributed by atoms with Gasteiger partial charge in [0.1, 0.15) is 12.1 Å². The molecule has 0 aliphatic rings. The van der Waals surface area contributed by atoms with Crippen molar-refractivity contribution in [3.8, 4) is 11.3 Å². The number of benzene rings is 1. The normalized spacial score (nSPS) is 10.2. The number of nitrogen functional groups attached to an aromatic ring is 1. The van der Waals surface area contributed by atoms with Crippen LogP contribution in [0.4, 0.5) is 5.82 Å². The van der Waals surface area contributed by atoms with Crippen LogP contribution in [0.5, 0.6) is 0 Å². The zero-order valence-electron chi connectivity index (χ0n) is 9.06. The summed E-state index contributed by atoms with van der Waals surface area (Å²) >= 11 is 3.45. The number of carbonyl (C=O) groups is 1. The van der Waals surface area contributed by atoms with Crippen molar-refractivity contribution in [2.75, 3.05) is 5.73 Å². The summed E-state index contributed by atoms with van der Waals surface area (Å²) in [7, 11) is 0. The summed E-state index contributed by atoms with van der Waals surface area (Å²) in [6, 6.07) is 11.6. The number of nitrogens with zero attached hydrogens (tertiary/aromatic N) is 1. The van der Waals surface area contributed by atoms with Crippen molar-refractivity contribution in [3.63, 3.8) is 0 Å². The topological polar surface area (TPSA) is 56.0 Å². The molecule has 2 N–H and O–H groups in total. The van der Waals surface area contributed by atoms with Crippen LogP contribution in [0.15, 0.2) is 40.9 Å². The average molecular weight is 291 g/mol. The lowest BCUT2D eigenvalue weighted by molar-refractivity contribution is -0.107. The van der Waals surface area contributed by atoms with Crippen molar-refractivity contribution in [3.05, 3.63) is 46.4 Å². The monoisotopic (exact) mass is 290 g/mol. The summed E-state index contributed by atoms with van der Waals surface area (Å²) in [4.78, 5) is 14.8. The van der Waals surface area contributed by atoms with Gasteiger partial charge in [-0.2, -0.15) is 0 Å². The van der Waals surface area contributed by atoms with E-state index in [9.17, 15) is 4.79 Å². The van der Waals surface area contributed by atoms with E-state index in [1.54, 1.807) is 0 Å². The number of rotatable bonds is 3. The van der Waals surface area contributed by atoms with E-state index >= 15 is 0 Å². The Morgan fingerprint density at radius 1 is 1.29 bits per heavy atom. The minimum absolute atomic E-state index is 0.284. The first-order valence-corrected chi connectivity index (χ1v) is 5.95. The molecule has 2 aromatic rings. The van der Waals surface area contributed by atoms with Gasteiger partial charge in [0.25, 0.3) is 0 Å². The van der Waals surface area contributed by atoms with E-state index in [0.29, 0.717) is 5.82 Å². The molecule has 0 unspecified atom stereocenters. The van der Waals surface area contributed by atoms with Crippen LogP contribution in [0.25, 0.3) is 11.3 Å². The van der Waals surface area contributed by atoms with Gasteiger partial charge >= 0.3 is 0 Å². The number of carbonyl (C=O) groups excluding carboxylic acids is 1.